The van der Waals surface area contributed by atoms with E-state index >= 15 is 0 Å². The van der Waals surface area contributed by atoms with Gasteiger partial charge in [0.15, 0.2) is 5.78 Å². The van der Waals surface area contributed by atoms with E-state index in [1.165, 1.54) is 12.4 Å². The zero-order valence-corrected chi connectivity index (χ0v) is 18.1. The van der Waals surface area contributed by atoms with Gasteiger partial charge in [-0.15, -0.1) is 0 Å². The van der Waals surface area contributed by atoms with Gasteiger partial charge in [-0.1, -0.05) is 6.07 Å². The first kappa shape index (κ1) is 15.2. The highest BCUT2D eigenvalue weighted by atomic mass is 16.6. The van der Waals surface area contributed by atoms with Gasteiger partial charge in [-0.25, -0.2) is 4.79 Å². The maximum absolute atomic E-state index is 13.0. The quantitative estimate of drug-likeness (QED) is 0.558. The van der Waals surface area contributed by atoms with Gasteiger partial charge < -0.3 is 9.64 Å². The molecular formula is C25H27N5O3. The van der Waals surface area contributed by atoms with E-state index < -0.39 is 20.0 Å². The summed E-state index contributed by atoms with van der Waals surface area (Å²) in [5.74, 6) is -0.328. The van der Waals surface area contributed by atoms with Gasteiger partial charge in [0.1, 0.15) is 6.61 Å². The molecule has 0 N–H and O–H groups in total. The fourth-order valence-corrected chi connectivity index (χ4v) is 4.58. The van der Waals surface area contributed by atoms with Crippen LogP contribution in [0.15, 0.2) is 43.0 Å². The molecule has 1 fully saturated rings. The Labute approximate surface area is 201 Å². The van der Waals surface area contributed by atoms with E-state index in [9.17, 15) is 9.59 Å². The van der Waals surface area contributed by atoms with E-state index in [0.717, 1.165) is 27.1 Å². The number of piperidine rings is 1. The lowest BCUT2D eigenvalue weighted by Gasteiger charge is -2.34. The number of benzene rings is 1. The van der Waals surface area contributed by atoms with E-state index in [1.54, 1.807) is 24.5 Å². The predicted molar refractivity (Wildman–Crippen MR) is 125 cm³/mol. The summed E-state index contributed by atoms with van der Waals surface area (Å²) in [4.78, 5) is 32.4. The third kappa shape index (κ3) is 3.86. The van der Waals surface area contributed by atoms with Gasteiger partial charge in [0.05, 0.1) is 29.3 Å². The number of amides is 1. The fraction of sp³-hybridized carbons (Fsp3) is 0.360. The molecule has 0 aliphatic carbocycles. The Morgan fingerprint density at radius 2 is 2.00 bits per heavy atom. The molecule has 4 heterocycles. The van der Waals surface area contributed by atoms with Crippen LogP contribution in [0, 0.1) is 12.8 Å². The van der Waals surface area contributed by atoms with Crippen LogP contribution in [0.4, 0.5) is 16.2 Å². The average Bonchev–Trinajstić information content (AvgIpc) is 3.39. The lowest BCUT2D eigenvalue weighted by molar-refractivity contribution is 0.0900. The Morgan fingerprint density at radius 1 is 1.15 bits per heavy atom. The zero-order valence-electron chi connectivity index (χ0n) is 24.1. The summed E-state index contributed by atoms with van der Waals surface area (Å²) in [6.07, 6.45) is 6.45. The molecule has 0 unspecified atom stereocenters. The van der Waals surface area contributed by atoms with Crippen LogP contribution in [-0.4, -0.2) is 46.7 Å². The second-order valence-electron chi connectivity index (χ2n) is 8.36. The number of cyclic esters (lactones) is 1. The van der Waals surface area contributed by atoms with E-state index in [0.29, 0.717) is 47.6 Å². The van der Waals surface area contributed by atoms with Gasteiger partial charge in [-0.3, -0.25) is 19.4 Å². The molecule has 170 valence electrons. The maximum atomic E-state index is 13.0. The van der Waals surface area contributed by atoms with Crippen molar-refractivity contribution in [2.75, 3.05) is 29.9 Å². The van der Waals surface area contributed by atoms with Gasteiger partial charge in [0.2, 0.25) is 0 Å². The lowest BCUT2D eigenvalue weighted by atomic mass is 9.89. The number of hydrogen-bond donors (Lipinski definition) is 0. The molecule has 0 atom stereocenters. The van der Waals surface area contributed by atoms with E-state index in [1.807, 2.05) is 13.0 Å². The molecule has 2 aliphatic heterocycles. The number of ketones is 1. The first-order valence-electron chi connectivity index (χ1n) is 13.7. The summed E-state index contributed by atoms with van der Waals surface area (Å²) in [6, 6.07) is 5.21. The third-order valence-corrected chi connectivity index (χ3v) is 6.43. The van der Waals surface area contributed by atoms with Crippen LogP contribution < -0.4 is 9.80 Å². The molecular weight excluding hydrogens is 418 g/mol. The predicted octanol–water partition coefficient (Wildman–Crippen LogP) is 3.98. The van der Waals surface area contributed by atoms with Gasteiger partial charge >= 0.3 is 6.09 Å². The number of aromatic nitrogens is 3. The Kier molecular flexibility index (Phi) is 3.85. The average molecular weight is 452 g/mol. The highest BCUT2D eigenvalue weighted by Gasteiger charge is 2.28. The van der Waals surface area contributed by atoms with Crippen LogP contribution in [0.1, 0.15) is 42.6 Å². The number of ether oxygens (including phenoxy) is 1. The van der Waals surface area contributed by atoms with Gasteiger partial charge in [0, 0.05) is 64.7 Å². The first-order valence-corrected chi connectivity index (χ1v) is 10.7. The number of hydrogen-bond acceptors (Lipinski definition) is 6. The highest BCUT2D eigenvalue weighted by molar-refractivity contribution is 5.97. The molecule has 3 aromatic rings. The number of pyridine rings is 1. The van der Waals surface area contributed by atoms with Crippen LogP contribution in [0.3, 0.4) is 0 Å². The molecule has 1 aromatic carbocycles. The Morgan fingerprint density at radius 3 is 2.76 bits per heavy atom. The van der Waals surface area contributed by atoms with E-state index in [4.69, 9.17) is 13.0 Å². The SMILES string of the molecule is [2H]C([2H])([2H])N1C(=O)OCc2cc(-c3cncc(N4CCC(C(=O)c5cnn(C([2H])([2H])[2H])c5)CC4)c3C)ccc21. The molecule has 5 rings (SSSR count). The number of nitrogens with zero attached hydrogens (tertiary/aromatic N) is 5. The Balaban J connectivity index is 1.33. The normalized spacial score (nSPS) is 20.0. The van der Waals surface area contributed by atoms with Crippen LogP contribution in [0.5, 0.6) is 0 Å². The molecule has 2 aliphatic rings. The lowest BCUT2D eigenvalue weighted by Crippen LogP contribution is -2.36. The van der Waals surface area contributed by atoms with Crippen molar-refractivity contribution in [1.29, 1.82) is 0 Å². The standard InChI is InChI=1S/C25H27N5O3/c1-16-21(18-4-5-22-19(10-18)15-33-25(32)29(22)3)12-26-13-23(16)30-8-6-17(7-9-30)24(31)20-11-27-28(2)14-20/h4-5,10-14,17H,6-9,15H2,1-3H3/i2D3,3D3. The Hall–Kier alpha value is -3.68. The largest absolute Gasteiger partial charge is 0.444 e. The zero-order chi connectivity index (χ0) is 28.1. The van der Waals surface area contributed by atoms with Gasteiger partial charge in [-0.05, 0) is 43.0 Å². The minimum atomic E-state index is -2.66. The molecule has 33 heavy (non-hydrogen) atoms. The molecule has 8 heteroatoms. The number of carbonyl (C=O) groups is 2. The number of carbonyl (C=O) groups excluding carboxylic acids is 2. The van der Waals surface area contributed by atoms with E-state index in [-0.39, 0.29) is 18.3 Å². The highest BCUT2D eigenvalue weighted by Crippen LogP contribution is 2.35. The minimum absolute atomic E-state index is 0.0203. The second kappa shape index (κ2) is 8.35. The topological polar surface area (TPSA) is 80.6 Å². The van der Waals surface area contributed by atoms with E-state index in [2.05, 4.69) is 15.0 Å². The monoisotopic (exact) mass is 451 g/mol. The van der Waals surface area contributed by atoms with Crippen molar-refractivity contribution in [3.8, 4) is 11.1 Å². The number of fused-ring (bicyclic) bond motifs is 1. The van der Waals surface area contributed by atoms with Crippen LogP contribution in [-0.2, 0) is 18.3 Å². The van der Waals surface area contributed by atoms with Crippen molar-refractivity contribution in [2.24, 2.45) is 12.9 Å². The van der Waals surface area contributed by atoms with Gasteiger partial charge in [0.25, 0.3) is 0 Å². The van der Waals surface area contributed by atoms with Crippen molar-refractivity contribution >= 4 is 23.3 Å². The summed E-state index contributed by atoms with van der Waals surface area (Å²) < 4.78 is 51.4. The molecule has 0 radical (unpaired) electrons. The van der Waals surface area contributed by atoms with Gasteiger partial charge in [-0.2, -0.15) is 5.10 Å². The number of Topliss-reactive ketones (excluding diaryl/α,β-unsaturated/α-hetero) is 1. The summed E-state index contributed by atoms with van der Waals surface area (Å²) >= 11 is 0. The first-order chi connectivity index (χ1) is 18.3. The second-order valence-corrected chi connectivity index (χ2v) is 8.36. The van der Waals surface area contributed by atoms with Crippen LogP contribution in [0.2, 0.25) is 0 Å². The fourth-order valence-electron chi connectivity index (χ4n) is 4.58. The minimum Gasteiger partial charge on any atom is -0.444 e. The van der Waals surface area contributed by atoms with Crippen molar-refractivity contribution in [2.45, 2.75) is 26.4 Å². The van der Waals surface area contributed by atoms with Crippen molar-refractivity contribution < 1.29 is 22.6 Å². The third-order valence-electron chi connectivity index (χ3n) is 6.43. The number of anilines is 2. The van der Waals surface area contributed by atoms with Crippen molar-refractivity contribution in [3.63, 3.8) is 0 Å². The summed E-state index contributed by atoms with van der Waals surface area (Å²) in [6.45, 7) is -1.86. The smallest absolute Gasteiger partial charge is 0.414 e. The maximum Gasteiger partial charge on any atom is 0.414 e. The van der Waals surface area contributed by atoms with Crippen molar-refractivity contribution in [1.82, 2.24) is 14.8 Å². The number of rotatable bonds is 4. The molecule has 0 saturated carbocycles. The summed E-state index contributed by atoms with van der Waals surface area (Å²) in [5.41, 5.74) is 4.79. The molecule has 1 saturated heterocycles. The molecule has 2 aromatic heterocycles. The molecule has 1 amide bonds. The molecule has 0 spiro atoms. The van der Waals surface area contributed by atoms with Crippen LogP contribution in [0.25, 0.3) is 11.1 Å². The number of aryl methyl sites for hydroxylation is 1. The van der Waals surface area contributed by atoms with Crippen LogP contribution >= 0.6 is 0 Å². The van der Waals surface area contributed by atoms with Crippen molar-refractivity contribution in [3.05, 3.63) is 59.7 Å². The summed E-state index contributed by atoms with van der Waals surface area (Å²) in [5, 5.41) is 3.82. The summed E-state index contributed by atoms with van der Waals surface area (Å²) in [7, 11) is 0. The molecule has 0 bridgehead atoms. The molecule has 8 nitrogen and oxygen atoms in total. The Bertz CT molecular complexity index is 1430.